The van der Waals surface area contributed by atoms with Gasteiger partial charge in [-0.05, 0) is 60.7 Å². The minimum atomic E-state index is -3.63. The highest BCUT2D eigenvalue weighted by atomic mass is 79.9. The number of nitrogens with zero attached hydrogens (tertiary/aromatic N) is 1. The highest BCUT2D eigenvalue weighted by Crippen LogP contribution is 2.26. The van der Waals surface area contributed by atoms with Gasteiger partial charge in [0, 0.05) is 4.47 Å². The Hall–Kier alpha value is -2.06. The normalized spacial score (nSPS) is 12.5. The summed E-state index contributed by atoms with van der Waals surface area (Å²) < 4.78 is 32.0. The van der Waals surface area contributed by atoms with E-state index in [1.807, 2.05) is 31.2 Å². The number of ether oxygens (including phenoxy) is 1. The number of carbonyl (C=O) groups is 1. The molecule has 0 aliphatic rings. The van der Waals surface area contributed by atoms with E-state index in [1.165, 1.54) is 0 Å². The summed E-state index contributed by atoms with van der Waals surface area (Å²) in [4.78, 5) is 12.9. The Morgan fingerprint density at radius 1 is 1.17 bits per heavy atom. The van der Waals surface area contributed by atoms with Crippen molar-refractivity contribution in [2.24, 2.45) is 5.92 Å². The molecule has 0 aliphatic heterocycles. The molecule has 1 atom stereocenters. The maximum Gasteiger partial charge on any atom is 0.241 e. The zero-order valence-corrected chi connectivity index (χ0v) is 20.4. The number of aryl methyl sites for hydroxylation is 1. The summed E-state index contributed by atoms with van der Waals surface area (Å²) in [6.07, 6.45) is 1.83. The number of hydrogen-bond donors (Lipinski definition) is 1. The van der Waals surface area contributed by atoms with Crippen LogP contribution in [0.3, 0.4) is 0 Å². The Labute approximate surface area is 187 Å². The standard InChI is InChI=1S/C22H29BrN2O4S/c1-15(2)12-21(17-6-9-19(29-4)10-7-17)24-22(26)14-25(30(5,27)28)18-8-11-20(23)16(3)13-18/h6-11,13,15,21H,12,14H2,1-5H3,(H,24,26)/t21-/m1/s1. The molecular weight excluding hydrogens is 468 g/mol. The molecule has 0 fully saturated rings. The maximum atomic E-state index is 12.9. The van der Waals surface area contributed by atoms with Crippen LogP contribution in [-0.4, -0.2) is 34.2 Å². The molecular formula is C22H29BrN2O4S. The molecule has 164 valence electrons. The summed E-state index contributed by atoms with van der Waals surface area (Å²) in [6, 6.07) is 12.5. The number of rotatable bonds is 9. The van der Waals surface area contributed by atoms with E-state index in [0.717, 1.165) is 38.3 Å². The molecule has 0 radical (unpaired) electrons. The van der Waals surface area contributed by atoms with Crippen LogP contribution in [0.15, 0.2) is 46.9 Å². The smallest absolute Gasteiger partial charge is 0.241 e. The Bertz CT molecular complexity index is 975. The first-order valence-electron chi connectivity index (χ1n) is 9.68. The van der Waals surface area contributed by atoms with Gasteiger partial charge in [-0.25, -0.2) is 8.42 Å². The van der Waals surface area contributed by atoms with E-state index < -0.39 is 10.0 Å². The minimum absolute atomic E-state index is 0.225. The van der Waals surface area contributed by atoms with Crippen molar-refractivity contribution in [3.05, 3.63) is 58.1 Å². The molecule has 0 saturated heterocycles. The number of sulfonamides is 1. The average Bonchev–Trinajstić information content (AvgIpc) is 2.67. The Kier molecular flexibility index (Phi) is 8.32. The number of halogens is 1. The van der Waals surface area contributed by atoms with Gasteiger partial charge in [0.15, 0.2) is 0 Å². The minimum Gasteiger partial charge on any atom is -0.497 e. The third kappa shape index (κ3) is 6.74. The van der Waals surface area contributed by atoms with Crippen molar-refractivity contribution < 1.29 is 17.9 Å². The first-order chi connectivity index (χ1) is 14.0. The fraction of sp³-hybridized carbons (Fsp3) is 0.409. The van der Waals surface area contributed by atoms with Crippen LogP contribution in [0, 0.1) is 12.8 Å². The lowest BCUT2D eigenvalue weighted by atomic mass is 9.97. The molecule has 1 N–H and O–H groups in total. The monoisotopic (exact) mass is 496 g/mol. The van der Waals surface area contributed by atoms with Gasteiger partial charge in [0.1, 0.15) is 12.3 Å². The lowest BCUT2D eigenvalue weighted by Gasteiger charge is -2.26. The van der Waals surface area contributed by atoms with Crippen LogP contribution < -0.4 is 14.4 Å². The molecule has 0 heterocycles. The Morgan fingerprint density at radius 2 is 1.80 bits per heavy atom. The molecule has 6 nitrogen and oxygen atoms in total. The quantitative estimate of drug-likeness (QED) is 0.556. The molecule has 0 aromatic heterocycles. The second-order valence-corrected chi connectivity index (χ2v) is 10.5. The van der Waals surface area contributed by atoms with Crippen molar-refractivity contribution in [1.29, 1.82) is 0 Å². The zero-order chi connectivity index (χ0) is 22.5. The van der Waals surface area contributed by atoms with Crippen molar-refractivity contribution in [3.8, 4) is 5.75 Å². The average molecular weight is 497 g/mol. The summed E-state index contributed by atoms with van der Waals surface area (Å²) in [6.45, 7) is 5.74. The fourth-order valence-corrected chi connectivity index (χ4v) is 4.24. The number of amides is 1. The third-order valence-electron chi connectivity index (χ3n) is 4.68. The van der Waals surface area contributed by atoms with Crippen molar-refractivity contribution in [2.45, 2.75) is 33.2 Å². The van der Waals surface area contributed by atoms with Gasteiger partial charge in [0.05, 0.1) is 25.1 Å². The number of benzene rings is 2. The number of methoxy groups -OCH3 is 1. The summed E-state index contributed by atoms with van der Waals surface area (Å²) >= 11 is 3.42. The lowest BCUT2D eigenvalue weighted by molar-refractivity contribution is -0.120. The molecule has 0 saturated carbocycles. The summed E-state index contributed by atoms with van der Waals surface area (Å²) in [5, 5.41) is 3.01. The van der Waals surface area contributed by atoms with E-state index >= 15 is 0 Å². The second-order valence-electron chi connectivity index (χ2n) is 7.73. The molecule has 8 heteroatoms. The first-order valence-corrected chi connectivity index (χ1v) is 12.3. The number of nitrogens with one attached hydrogen (secondary N) is 1. The molecule has 0 unspecified atom stereocenters. The van der Waals surface area contributed by atoms with Crippen molar-refractivity contribution in [1.82, 2.24) is 5.32 Å². The van der Waals surface area contributed by atoms with Gasteiger partial charge in [0.2, 0.25) is 15.9 Å². The molecule has 0 aliphatic carbocycles. The summed E-state index contributed by atoms with van der Waals surface area (Å²) in [5.41, 5.74) is 2.29. The van der Waals surface area contributed by atoms with Gasteiger partial charge in [0.25, 0.3) is 0 Å². The van der Waals surface area contributed by atoms with Gasteiger partial charge in [-0.2, -0.15) is 0 Å². The van der Waals surface area contributed by atoms with Crippen molar-refractivity contribution in [3.63, 3.8) is 0 Å². The van der Waals surface area contributed by atoms with Gasteiger partial charge in [-0.3, -0.25) is 9.10 Å². The number of carbonyl (C=O) groups excluding carboxylic acids is 1. The first kappa shape index (κ1) is 24.2. The van der Waals surface area contributed by atoms with Crippen LogP contribution in [0.4, 0.5) is 5.69 Å². The SMILES string of the molecule is COc1ccc([C@@H](CC(C)C)NC(=O)CN(c2ccc(Br)c(C)c2)S(C)(=O)=O)cc1. The van der Waals surface area contributed by atoms with Gasteiger partial charge < -0.3 is 10.1 Å². The van der Waals surface area contributed by atoms with E-state index in [9.17, 15) is 13.2 Å². The fourth-order valence-electron chi connectivity index (χ4n) is 3.14. The molecule has 2 aromatic carbocycles. The van der Waals surface area contributed by atoms with E-state index in [2.05, 4.69) is 35.1 Å². The van der Waals surface area contributed by atoms with Crippen molar-refractivity contribution in [2.75, 3.05) is 24.2 Å². The maximum absolute atomic E-state index is 12.9. The van der Waals surface area contributed by atoms with Gasteiger partial charge in [-0.15, -0.1) is 0 Å². The van der Waals surface area contributed by atoms with E-state index in [1.54, 1.807) is 25.3 Å². The molecule has 0 bridgehead atoms. The van der Waals surface area contributed by atoms with Crippen molar-refractivity contribution >= 4 is 37.5 Å². The Morgan fingerprint density at radius 3 is 2.30 bits per heavy atom. The van der Waals surface area contributed by atoms with E-state index in [4.69, 9.17) is 4.74 Å². The number of hydrogen-bond acceptors (Lipinski definition) is 4. The predicted molar refractivity (Wildman–Crippen MR) is 124 cm³/mol. The molecule has 2 aromatic rings. The highest BCUT2D eigenvalue weighted by molar-refractivity contribution is 9.10. The molecule has 2 rings (SSSR count). The second kappa shape index (κ2) is 10.3. The number of anilines is 1. The topological polar surface area (TPSA) is 75.7 Å². The largest absolute Gasteiger partial charge is 0.497 e. The van der Waals surface area contributed by atoms with E-state index in [0.29, 0.717) is 11.6 Å². The highest BCUT2D eigenvalue weighted by Gasteiger charge is 2.24. The van der Waals surface area contributed by atoms with Crippen LogP contribution >= 0.6 is 15.9 Å². The molecule has 1 amide bonds. The van der Waals surface area contributed by atoms with Crippen LogP contribution in [0.2, 0.25) is 0 Å². The predicted octanol–water partition coefficient (Wildman–Crippen LogP) is 4.44. The van der Waals surface area contributed by atoms with Crippen LogP contribution in [-0.2, 0) is 14.8 Å². The van der Waals surface area contributed by atoms with Crippen LogP contribution in [0.1, 0.15) is 37.4 Å². The summed E-state index contributed by atoms with van der Waals surface area (Å²) in [5.74, 6) is 0.724. The van der Waals surface area contributed by atoms with Crippen LogP contribution in [0.5, 0.6) is 5.75 Å². The zero-order valence-electron chi connectivity index (χ0n) is 18.0. The lowest BCUT2D eigenvalue weighted by Crippen LogP contribution is -2.41. The molecule has 30 heavy (non-hydrogen) atoms. The Balaban J connectivity index is 2.24. The van der Waals surface area contributed by atoms with Gasteiger partial charge in [-0.1, -0.05) is 41.9 Å². The van der Waals surface area contributed by atoms with Crippen LogP contribution in [0.25, 0.3) is 0 Å². The summed E-state index contributed by atoms with van der Waals surface area (Å²) in [7, 11) is -2.03. The third-order valence-corrected chi connectivity index (χ3v) is 6.71. The molecule has 0 spiro atoms. The van der Waals surface area contributed by atoms with Gasteiger partial charge >= 0.3 is 0 Å². The van der Waals surface area contributed by atoms with E-state index in [-0.39, 0.29) is 18.5 Å².